The van der Waals surface area contributed by atoms with Gasteiger partial charge in [0.05, 0.1) is 0 Å². The summed E-state index contributed by atoms with van der Waals surface area (Å²) < 4.78 is 5.28. The zero-order valence-electron chi connectivity index (χ0n) is 12.6. The van der Waals surface area contributed by atoms with Crippen molar-refractivity contribution in [3.05, 3.63) is 35.9 Å². The Kier molecular flexibility index (Phi) is 5.78. The minimum absolute atomic E-state index is 0.132. The molecule has 0 aromatic heterocycles. The standard InChI is InChI=1S/C17H23NO3/c1-14(19)18-11-9-15(10-12-18)7-8-17(20)21-13-16-5-3-2-4-6-16/h2-6,15H,7-13H2,1H3. The van der Waals surface area contributed by atoms with Crippen LogP contribution in [0.4, 0.5) is 0 Å². The number of benzene rings is 1. The van der Waals surface area contributed by atoms with Crippen molar-refractivity contribution in [3.8, 4) is 0 Å². The summed E-state index contributed by atoms with van der Waals surface area (Å²) >= 11 is 0. The van der Waals surface area contributed by atoms with E-state index in [9.17, 15) is 9.59 Å². The first-order valence-electron chi connectivity index (χ1n) is 7.60. The van der Waals surface area contributed by atoms with Crippen LogP contribution in [0.25, 0.3) is 0 Å². The second-order valence-electron chi connectivity index (χ2n) is 5.63. The van der Waals surface area contributed by atoms with Gasteiger partial charge in [-0.15, -0.1) is 0 Å². The van der Waals surface area contributed by atoms with Gasteiger partial charge in [-0.05, 0) is 30.7 Å². The lowest BCUT2D eigenvalue weighted by atomic mass is 9.92. The number of amides is 1. The highest BCUT2D eigenvalue weighted by Gasteiger charge is 2.21. The second-order valence-corrected chi connectivity index (χ2v) is 5.63. The van der Waals surface area contributed by atoms with Crippen LogP contribution in [-0.2, 0) is 20.9 Å². The average molecular weight is 289 g/mol. The van der Waals surface area contributed by atoms with Crippen LogP contribution >= 0.6 is 0 Å². The lowest BCUT2D eigenvalue weighted by Gasteiger charge is -2.31. The van der Waals surface area contributed by atoms with Crippen molar-refractivity contribution in [2.75, 3.05) is 13.1 Å². The first-order valence-corrected chi connectivity index (χ1v) is 7.60. The van der Waals surface area contributed by atoms with Gasteiger partial charge in [-0.2, -0.15) is 0 Å². The van der Waals surface area contributed by atoms with E-state index in [4.69, 9.17) is 4.74 Å². The van der Waals surface area contributed by atoms with Gasteiger partial charge in [0.15, 0.2) is 0 Å². The number of carbonyl (C=O) groups is 2. The van der Waals surface area contributed by atoms with Crippen molar-refractivity contribution in [2.24, 2.45) is 5.92 Å². The van der Waals surface area contributed by atoms with E-state index in [0.29, 0.717) is 18.9 Å². The van der Waals surface area contributed by atoms with Crippen molar-refractivity contribution in [3.63, 3.8) is 0 Å². The molecule has 1 fully saturated rings. The lowest BCUT2D eigenvalue weighted by Crippen LogP contribution is -2.37. The molecule has 1 aliphatic heterocycles. The second kappa shape index (κ2) is 7.81. The van der Waals surface area contributed by atoms with Gasteiger partial charge in [0, 0.05) is 26.4 Å². The third-order valence-corrected chi connectivity index (χ3v) is 4.06. The summed E-state index contributed by atoms with van der Waals surface area (Å²) in [7, 11) is 0. The number of hydrogen-bond acceptors (Lipinski definition) is 3. The largest absolute Gasteiger partial charge is 0.461 e. The highest BCUT2D eigenvalue weighted by molar-refractivity contribution is 5.73. The van der Waals surface area contributed by atoms with E-state index in [1.165, 1.54) is 0 Å². The molecule has 0 atom stereocenters. The van der Waals surface area contributed by atoms with Gasteiger partial charge < -0.3 is 9.64 Å². The highest BCUT2D eigenvalue weighted by Crippen LogP contribution is 2.22. The number of nitrogens with zero attached hydrogens (tertiary/aromatic N) is 1. The fraction of sp³-hybridized carbons (Fsp3) is 0.529. The van der Waals surface area contributed by atoms with Crippen molar-refractivity contribution in [1.29, 1.82) is 0 Å². The number of esters is 1. The van der Waals surface area contributed by atoms with Crippen LogP contribution < -0.4 is 0 Å². The number of piperidine rings is 1. The molecule has 0 saturated carbocycles. The molecule has 4 nitrogen and oxygen atoms in total. The summed E-state index contributed by atoms with van der Waals surface area (Å²) in [6, 6.07) is 9.71. The summed E-state index contributed by atoms with van der Waals surface area (Å²) in [6.07, 6.45) is 3.31. The number of rotatable bonds is 5. The molecular formula is C17H23NO3. The number of carbonyl (C=O) groups excluding carboxylic acids is 2. The maximum Gasteiger partial charge on any atom is 0.306 e. The van der Waals surface area contributed by atoms with Gasteiger partial charge in [-0.3, -0.25) is 9.59 Å². The van der Waals surface area contributed by atoms with Crippen LogP contribution in [0.1, 0.15) is 38.2 Å². The minimum atomic E-state index is -0.132. The lowest BCUT2D eigenvalue weighted by molar-refractivity contribution is -0.145. The van der Waals surface area contributed by atoms with Crippen LogP contribution in [-0.4, -0.2) is 29.9 Å². The zero-order valence-corrected chi connectivity index (χ0v) is 12.6. The predicted octanol–water partition coefficient (Wildman–Crippen LogP) is 2.77. The molecule has 114 valence electrons. The molecule has 1 aromatic rings. The van der Waals surface area contributed by atoms with E-state index < -0.39 is 0 Å². The van der Waals surface area contributed by atoms with Gasteiger partial charge in [0.1, 0.15) is 6.61 Å². The van der Waals surface area contributed by atoms with E-state index in [1.807, 2.05) is 35.2 Å². The summed E-state index contributed by atoms with van der Waals surface area (Å²) in [5.74, 6) is 0.549. The molecule has 0 radical (unpaired) electrons. The van der Waals surface area contributed by atoms with E-state index in [1.54, 1.807) is 6.92 Å². The van der Waals surface area contributed by atoms with E-state index >= 15 is 0 Å². The van der Waals surface area contributed by atoms with Gasteiger partial charge in [-0.1, -0.05) is 30.3 Å². The molecule has 0 spiro atoms. The van der Waals surface area contributed by atoms with Gasteiger partial charge in [-0.25, -0.2) is 0 Å². The van der Waals surface area contributed by atoms with E-state index in [-0.39, 0.29) is 11.9 Å². The van der Waals surface area contributed by atoms with Crippen molar-refractivity contribution in [2.45, 2.75) is 39.2 Å². The molecule has 1 aromatic carbocycles. The molecule has 1 aliphatic rings. The molecule has 1 saturated heterocycles. The minimum Gasteiger partial charge on any atom is -0.461 e. The molecule has 1 heterocycles. The SMILES string of the molecule is CC(=O)N1CCC(CCC(=O)OCc2ccccc2)CC1. The molecule has 0 unspecified atom stereocenters. The smallest absolute Gasteiger partial charge is 0.306 e. The zero-order chi connectivity index (χ0) is 15.1. The Balaban J connectivity index is 1.62. The highest BCUT2D eigenvalue weighted by atomic mass is 16.5. The Bertz CT molecular complexity index is 464. The molecule has 0 bridgehead atoms. The molecule has 1 amide bonds. The molecule has 21 heavy (non-hydrogen) atoms. The van der Waals surface area contributed by atoms with Crippen LogP contribution in [0.5, 0.6) is 0 Å². The predicted molar refractivity (Wildman–Crippen MR) is 80.5 cm³/mol. The van der Waals surface area contributed by atoms with E-state index in [0.717, 1.165) is 37.9 Å². The van der Waals surface area contributed by atoms with Crippen LogP contribution in [0, 0.1) is 5.92 Å². The quantitative estimate of drug-likeness (QED) is 0.783. The average Bonchev–Trinajstić information content (AvgIpc) is 2.52. The topological polar surface area (TPSA) is 46.6 Å². The van der Waals surface area contributed by atoms with Gasteiger partial charge in [0.25, 0.3) is 0 Å². The Morgan fingerprint density at radius 3 is 2.48 bits per heavy atom. The summed E-state index contributed by atoms with van der Waals surface area (Å²) in [6.45, 7) is 3.60. The van der Waals surface area contributed by atoms with E-state index in [2.05, 4.69) is 0 Å². The van der Waals surface area contributed by atoms with Crippen molar-refractivity contribution in [1.82, 2.24) is 4.90 Å². The molecule has 0 N–H and O–H groups in total. The Hall–Kier alpha value is -1.84. The first-order chi connectivity index (χ1) is 10.1. The molecule has 4 heteroatoms. The first kappa shape index (κ1) is 15.5. The molecule has 0 aliphatic carbocycles. The Morgan fingerprint density at radius 1 is 1.19 bits per heavy atom. The number of hydrogen-bond donors (Lipinski definition) is 0. The summed E-state index contributed by atoms with van der Waals surface area (Å²) in [5.41, 5.74) is 1.01. The van der Waals surface area contributed by atoms with Crippen LogP contribution in [0.2, 0.25) is 0 Å². The number of ether oxygens (including phenoxy) is 1. The summed E-state index contributed by atoms with van der Waals surface area (Å²) in [4.78, 5) is 24.9. The Morgan fingerprint density at radius 2 is 1.86 bits per heavy atom. The molecular weight excluding hydrogens is 266 g/mol. The molecule has 2 rings (SSSR count). The number of likely N-dealkylation sites (tertiary alicyclic amines) is 1. The normalized spacial score (nSPS) is 15.8. The van der Waals surface area contributed by atoms with Crippen LogP contribution in [0.15, 0.2) is 30.3 Å². The monoisotopic (exact) mass is 289 g/mol. The third kappa shape index (κ3) is 5.21. The summed E-state index contributed by atoms with van der Waals surface area (Å²) in [5, 5.41) is 0. The fourth-order valence-electron chi connectivity index (χ4n) is 2.67. The van der Waals surface area contributed by atoms with Crippen LogP contribution in [0.3, 0.4) is 0 Å². The van der Waals surface area contributed by atoms with Gasteiger partial charge in [0.2, 0.25) is 5.91 Å². The van der Waals surface area contributed by atoms with Gasteiger partial charge >= 0.3 is 5.97 Å². The maximum absolute atomic E-state index is 11.7. The fourth-order valence-corrected chi connectivity index (χ4v) is 2.67. The Labute approximate surface area is 126 Å². The third-order valence-electron chi connectivity index (χ3n) is 4.06. The van der Waals surface area contributed by atoms with Crippen molar-refractivity contribution < 1.29 is 14.3 Å². The maximum atomic E-state index is 11.7. The van der Waals surface area contributed by atoms with Crippen molar-refractivity contribution >= 4 is 11.9 Å².